The lowest BCUT2D eigenvalue weighted by molar-refractivity contribution is -0.126. The van der Waals surface area contributed by atoms with E-state index in [0.717, 1.165) is 34.9 Å². The van der Waals surface area contributed by atoms with Gasteiger partial charge < -0.3 is 24.8 Å². The SMILES string of the molecule is C=CC(=O)N1CCC[C@H]1c1ccc(N2CC(CS(C)(=O)=O)C2)c2cnc(Nc3ccnc(N4C[C@H](F)[C@H](OC)C[C@@H]4C)n3)cc12. The fourth-order valence-corrected chi connectivity index (χ4v) is 8.03. The molecule has 0 spiro atoms. The van der Waals surface area contributed by atoms with Crippen molar-refractivity contribution in [2.24, 2.45) is 5.92 Å². The molecule has 1 amide bonds. The molecular weight excluding hydrogens is 597 g/mol. The van der Waals surface area contributed by atoms with Gasteiger partial charge in [-0.05, 0) is 61.4 Å². The molecule has 1 N–H and O–H groups in total. The maximum atomic E-state index is 14.7. The highest BCUT2D eigenvalue weighted by Gasteiger charge is 2.36. The van der Waals surface area contributed by atoms with E-state index in [9.17, 15) is 17.6 Å². The number of hydrogen-bond donors (Lipinski definition) is 1. The monoisotopic (exact) mass is 637 g/mol. The van der Waals surface area contributed by atoms with Gasteiger partial charge in [-0.1, -0.05) is 12.6 Å². The van der Waals surface area contributed by atoms with Crippen LogP contribution < -0.4 is 15.1 Å². The van der Waals surface area contributed by atoms with Gasteiger partial charge >= 0.3 is 0 Å². The van der Waals surface area contributed by atoms with Gasteiger partial charge in [0, 0.05) is 68.4 Å². The first-order valence-corrected chi connectivity index (χ1v) is 17.4. The van der Waals surface area contributed by atoms with E-state index in [1.807, 2.05) is 29.0 Å². The first kappa shape index (κ1) is 31.2. The Kier molecular flexibility index (Phi) is 8.66. The van der Waals surface area contributed by atoms with Crippen molar-refractivity contribution in [1.29, 1.82) is 0 Å². The van der Waals surface area contributed by atoms with Crippen molar-refractivity contribution >= 4 is 49.8 Å². The lowest BCUT2D eigenvalue weighted by atomic mass is 9.94. The second kappa shape index (κ2) is 12.5. The molecule has 3 aliphatic heterocycles. The number of aromatic nitrogens is 3. The molecule has 3 aromatic rings. The molecule has 240 valence electrons. The number of hydrogen-bond acceptors (Lipinski definition) is 10. The van der Waals surface area contributed by atoms with Crippen LogP contribution in [0.4, 0.5) is 27.7 Å². The highest BCUT2D eigenvalue weighted by molar-refractivity contribution is 7.90. The average Bonchev–Trinajstić information content (AvgIpc) is 3.48. The fraction of sp³-hybridized carbons (Fsp3) is 0.500. The van der Waals surface area contributed by atoms with Gasteiger partial charge in [0.1, 0.15) is 27.6 Å². The molecule has 3 aliphatic rings. The van der Waals surface area contributed by atoms with Crippen LogP contribution in [0.1, 0.15) is 37.8 Å². The third-order valence-corrected chi connectivity index (χ3v) is 10.2. The molecule has 5 heterocycles. The van der Waals surface area contributed by atoms with Gasteiger partial charge in [-0.25, -0.2) is 22.8 Å². The topological polar surface area (TPSA) is 121 Å². The number of halogens is 1. The summed E-state index contributed by atoms with van der Waals surface area (Å²) in [5, 5.41) is 5.19. The second-order valence-electron chi connectivity index (χ2n) is 12.4. The molecule has 0 saturated carbocycles. The Bertz CT molecular complexity index is 1700. The number of ether oxygens (including phenoxy) is 1. The van der Waals surface area contributed by atoms with Crippen molar-refractivity contribution in [3.8, 4) is 0 Å². The average molecular weight is 638 g/mol. The molecule has 0 unspecified atom stereocenters. The number of sulfone groups is 1. The fourth-order valence-electron chi connectivity index (χ4n) is 6.96. The van der Waals surface area contributed by atoms with Gasteiger partial charge in [-0.3, -0.25) is 4.79 Å². The van der Waals surface area contributed by atoms with Crippen LogP contribution in [0.3, 0.4) is 0 Å². The zero-order valence-electron chi connectivity index (χ0n) is 25.9. The Morgan fingerprint density at radius 2 is 1.98 bits per heavy atom. The number of rotatable bonds is 9. The van der Waals surface area contributed by atoms with Crippen LogP contribution in [-0.2, 0) is 19.4 Å². The summed E-state index contributed by atoms with van der Waals surface area (Å²) in [4.78, 5) is 32.5. The van der Waals surface area contributed by atoms with E-state index >= 15 is 0 Å². The van der Waals surface area contributed by atoms with Crippen molar-refractivity contribution in [3.63, 3.8) is 0 Å². The van der Waals surface area contributed by atoms with Crippen LogP contribution in [0.2, 0.25) is 0 Å². The number of methoxy groups -OCH3 is 1. The highest BCUT2D eigenvalue weighted by atomic mass is 32.2. The van der Waals surface area contributed by atoms with Crippen molar-refractivity contribution < 1.29 is 22.3 Å². The van der Waals surface area contributed by atoms with E-state index in [4.69, 9.17) is 14.7 Å². The normalized spacial score (nSPS) is 24.1. The predicted octanol–water partition coefficient (Wildman–Crippen LogP) is 4.05. The first-order chi connectivity index (χ1) is 21.5. The number of nitrogens with zero attached hydrogens (tertiary/aromatic N) is 6. The summed E-state index contributed by atoms with van der Waals surface area (Å²) in [5.74, 6) is 1.68. The van der Waals surface area contributed by atoms with Gasteiger partial charge in [0.05, 0.1) is 24.4 Å². The molecule has 11 nitrogen and oxygen atoms in total. The second-order valence-corrected chi connectivity index (χ2v) is 14.6. The van der Waals surface area contributed by atoms with E-state index in [-0.39, 0.29) is 36.2 Å². The van der Waals surface area contributed by atoms with Crippen molar-refractivity contribution in [2.75, 3.05) is 60.4 Å². The molecule has 0 aliphatic carbocycles. The quantitative estimate of drug-likeness (QED) is 0.344. The molecule has 13 heteroatoms. The number of carbonyl (C=O) groups is 1. The minimum absolute atomic E-state index is 0.00291. The van der Waals surface area contributed by atoms with Crippen molar-refractivity contribution in [1.82, 2.24) is 19.9 Å². The summed E-state index contributed by atoms with van der Waals surface area (Å²) in [6.07, 6.45) is 6.78. The highest BCUT2D eigenvalue weighted by Crippen LogP contribution is 2.41. The van der Waals surface area contributed by atoms with Gasteiger partial charge in [-0.2, -0.15) is 4.98 Å². The number of fused-ring (bicyclic) bond motifs is 1. The Balaban J connectivity index is 1.32. The number of likely N-dealkylation sites (tertiary alicyclic amines) is 1. The van der Waals surface area contributed by atoms with E-state index in [1.165, 1.54) is 19.4 Å². The Morgan fingerprint density at radius 3 is 2.71 bits per heavy atom. The molecule has 0 radical (unpaired) electrons. The smallest absolute Gasteiger partial charge is 0.246 e. The lowest BCUT2D eigenvalue weighted by Crippen LogP contribution is -2.51. The maximum absolute atomic E-state index is 14.7. The number of anilines is 4. The predicted molar refractivity (Wildman–Crippen MR) is 173 cm³/mol. The van der Waals surface area contributed by atoms with Crippen molar-refractivity contribution in [2.45, 2.75) is 50.5 Å². The summed E-state index contributed by atoms with van der Waals surface area (Å²) >= 11 is 0. The molecule has 45 heavy (non-hydrogen) atoms. The van der Waals surface area contributed by atoms with Crippen LogP contribution in [0.5, 0.6) is 0 Å². The third kappa shape index (κ3) is 6.46. The van der Waals surface area contributed by atoms with E-state index in [1.54, 1.807) is 12.3 Å². The molecule has 3 fully saturated rings. The summed E-state index contributed by atoms with van der Waals surface area (Å²) in [5.41, 5.74) is 2.00. The van der Waals surface area contributed by atoms with Crippen LogP contribution in [0.15, 0.2) is 49.3 Å². The number of amides is 1. The van der Waals surface area contributed by atoms with Crippen LogP contribution in [0, 0.1) is 5.92 Å². The number of alkyl halides is 1. The minimum atomic E-state index is -3.05. The zero-order valence-corrected chi connectivity index (χ0v) is 26.7. The zero-order chi connectivity index (χ0) is 31.9. The summed E-state index contributed by atoms with van der Waals surface area (Å²) in [6, 6.07) is 7.75. The van der Waals surface area contributed by atoms with Gasteiger partial charge in [0.25, 0.3) is 0 Å². The van der Waals surface area contributed by atoms with Crippen molar-refractivity contribution in [3.05, 3.63) is 54.9 Å². The van der Waals surface area contributed by atoms with E-state index in [0.29, 0.717) is 43.6 Å². The molecule has 1 aromatic carbocycles. The third-order valence-electron chi connectivity index (χ3n) is 9.16. The summed E-state index contributed by atoms with van der Waals surface area (Å²) in [7, 11) is -1.52. The molecular formula is C32H40FN7O4S. The molecule has 4 atom stereocenters. The standard InChI is InChI=1S/C32H40FN7O4S/c1-5-31(41)39-12-6-7-27(39)22-8-9-26(38-16-21(17-38)19-45(4,42)43)24-15-35-30(14-23(22)24)36-29-10-11-34-32(37-29)40-18-25(33)28(44-3)13-20(40)2/h5,8-11,14-15,20-21,25,27-28H,1,6-7,12-13,16-19H2,2-4H3,(H,34,35,36,37)/t20-,25-,27-,28+/m0/s1. The minimum Gasteiger partial charge on any atom is -0.378 e. The van der Waals surface area contributed by atoms with Gasteiger partial charge in [-0.15, -0.1) is 0 Å². The first-order valence-electron chi connectivity index (χ1n) is 15.4. The Labute approximate surface area is 263 Å². The molecule has 0 bridgehead atoms. The number of benzene rings is 1. The molecule has 2 aromatic heterocycles. The molecule has 3 saturated heterocycles. The summed E-state index contributed by atoms with van der Waals surface area (Å²) in [6.45, 7) is 7.82. The number of pyridine rings is 1. The Hall–Kier alpha value is -3.84. The Morgan fingerprint density at radius 1 is 1.18 bits per heavy atom. The number of carbonyl (C=O) groups excluding carboxylic acids is 1. The van der Waals surface area contributed by atoms with Gasteiger partial charge in [0.15, 0.2) is 0 Å². The number of nitrogens with one attached hydrogen (secondary N) is 1. The molecule has 6 rings (SSSR count). The number of piperidine rings is 1. The largest absolute Gasteiger partial charge is 0.378 e. The maximum Gasteiger partial charge on any atom is 0.246 e. The lowest BCUT2D eigenvalue weighted by Gasteiger charge is -2.41. The van der Waals surface area contributed by atoms with Gasteiger partial charge in [0.2, 0.25) is 11.9 Å². The summed E-state index contributed by atoms with van der Waals surface area (Å²) < 4.78 is 43.7. The van der Waals surface area contributed by atoms with Crippen LogP contribution in [0.25, 0.3) is 10.8 Å². The van der Waals surface area contributed by atoms with E-state index < -0.39 is 22.1 Å². The van der Waals surface area contributed by atoms with E-state index in [2.05, 4.69) is 33.9 Å². The van der Waals surface area contributed by atoms with Crippen LogP contribution in [-0.4, -0.2) is 97.8 Å². The van der Waals surface area contributed by atoms with Crippen LogP contribution >= 0.6 is 0 Å².